The number of ketones is 1. The Morgan fingerprint density at radius 3 is 2.31 bits per heavy atom. The van der Waals surface area contributed by atoms with Gasteiger partial charge in [0.25, 0.3) is 0 Å². The van der Waals surface area contributed by atoms with Crippen molar-refractivity contribution in [3.63, 3.8) is 0 Å². The molecule has 0 aliphatic carbocycles. The van der Waals surface area contributed by atoms with Crippen LogP contribution in [0.5, 0.6) is 5.75 Å². The summed E-state index contributed by atoms with van der Waals surface area (Å²) in [7, 11) is 0. The Hall–Kier alpha value is -1.63. The number of rotatable bonds is 7. The molecule has 0 radical (unpaired) electrons. The van der Waals surface area contributed by atoms with Crippen molar-refractivity contribution in [3.05, 3.63) is 90.7 Å². The highest BCUT2D eigenvalue weighted by atomic mass is 79.9. The lowest BCUT2D eigenvalue weighted by Crippen LogP contribution is -1.96. The van der Waals surface area contributed by atoms with E-state index in [2.05, 4.69) is 61.6 Å². The average molecular weight is 583 g/mol. The quantitative estimate of drug-likeness (QED) is 0.208. The van der Waals surface area contributed by atoms with Gasteiger partial charge in [0, 0.05) is 10.0 Å². The maximum absolute atomic E-state index is 12.4. The molecule has 1 heterocycles. The van der Waals surface area contributed by atoms with Crippen molar-refractivity contribution >= 4 is 59.6 Å². The van der Waals surface area contributed by atoms with Crippen LogP contribution in [0.15, 0.2) is 72.4 Å². The van der Waals surface area contributed by atoms with Crippen molar-refractivity contribution < 1.29 is 13.9 Å². The molecular weight excluding hydrogens is 564 g/mol. The van der Waals surface area contributed by atoms with E-state index in [-0.39, 0.29) is 12.4 Å². The lowest BCUT2D eigenvalue weighted by atomic mass is 10.0. The Balaban J connectivity index is 1.62. The number of carbonyl (C=O) groups is 1. The van der Waals surface area contributed by atoms with E-state index in [1.165, 1.54) is 11.6 Å². The van der Waals surface area contributed by atoms with E-state index in [0.717, 1.165) is 13.4 Å². The van der Waals surface area contributed by atoms with Gasteiger partial charge in [-0.05, 0) is 79.8 Å². The summed E-state index contributed by atoms with van der Waals surface area (Å²) in [5, 5.41) is 0. The van der Waals surface area contributed by atoms with Gasteiger partial charge < -0.3 is 9.15 Å². The van der Waals surface area contributed by atoms with Crippen molar-refractivity contribution in [3.8, 4) is 5.75 Å². The topological polar surface area (TPSA) is 39.4 Å². The molecule has 0 spiro atoms. The molecule has 6 heteroatoms. The van der Waals surface area contributed by atoms with E-state index in [1.807, 2.05) is 48.5 Å². The fourth-order valence-corrected chi connectivity index (χ4v) is 5.15. The Bertz CT molecular complexity index is 1010. The summed E-state index contributed by atoms with van der Waals surface area (Å²) in [5.41, 5.74) is 1.87. The van der Waals surface area contributed by atoms with Crippen molar-refractivity contribution in [1.82, 2.24) is 0 Å². The Morgan fingerprint density at radius 2 is 1.69 bits per heavy atom. The summed E-state index contributed by atoms with van der Waals surface area (Å²) in [6.45, 7) is 4.53. The summed E-state index contributed by atoms with van der Waals surface area (Å²) in [5.74, 6) is 2.35. The van der Waals surface area contributed by atoms with Gasteiger partial charge in [-0.1, -0.05) is 54.0 Å². The minimum atomic E-state index is -0.0581. The molecule has 0 unspecified atom stereocenters. The first-order valence-corrected chi connectivity index (χ1v) is 11.4. The highest BCUT2D eigenvalue weighted by Crippen LogP contribution is 2.37. The van der Waals surface area contributed by atoms with Crippen LogP contribution in [-0.2, 0) is 6.61 Å². The minimum absolute atomic E-state index is 0.0581. The largest absolute Gasteiger partial charge is 0.483 e. The molecular formula is C23H19Br3O3. The molecule has 2 aromatic carbocycles. The number of halogens is 3. The van der Waals surface area contributed by atoms with Gasteiger partial charge >= 0.3 is 0 Å². The van der Waals surface area contributed by atoms with Gasteiger partial charge in [-0.25, -0.2) is 0 Å². The number of carbonyl (C=O) groups excluding carboxylic acids is 1. The second-order valence-corrected chi connectivity index (χ2v) is 9.39. The maximum atomic E-state index is 12.4. The Labute approximate surface area is 195 Å². The molecule has 0 N–H and O–H groups in total. The predicted octanol–water partition coefficient (Wildman–Crippen LogP) is 8.17. The predicted molar refractivity (Wildman–Crippen MR) is 126 cm³/mol. The molecule has 3 aromatic rings. The SMILES string of the molecule is CC(C)c1ccc(C(=O)/C=C/c2ccc(COc3c(Br)cc(Br)cc3Br)o2)cc1. The summed E-state index contributed by atoms with van der Waals surface area (Å²) in [6.07, 6.45) is 3.20. The molecule has 1 aromatic heterocycles. The monoisotopic (exact) mass is 580 g/mol. The Morgan fingerprint density at radius 1 is 1.03 bits per heavy atom. The molecule has 3 rings (SSSR count). The number of hydrogen-bond acceptors (Lipinski definition) is 3. The second-order valence-electron chi connectivity index (χ2n) is 6.77. The number of allylic oxidation sites excluding steroid dienone is 1. The van der Waals surface area contributed by atoms with Crippen LogP contribution < -0.4 is 4.74 Å². The van der Waals surface area contributed by atoms with Gasteiger partial charge in [-0.3, -0.25) is 4.79 Å². The van der Waals surface area contributed by atoms with Crippen LogP contribution in [0.25, 0.3) is 6.08 Å². The van der Waals surface area contributed by atoms with E-state index in [4.69, 9.17) is 9.15 Å². The van der Waals surface area contributed by atoms with Gasteiger partial charge in [0.05, 0.1) is 8.95 Å². The van der Waals surface area contributed by atoms with Gasteiger partial charge in [-0.15, -0.1) is 0 Å². The molecule has 0 amide bonds. The van der Waals surface area contributed by atoms with Crippen molar-refractivity contribution in [2.75, 3.05) is 0 Å². The standard InChI is InChI=1S/C23H19Br3O3/c1-14(2)15-3-5-16(6-4-15)22(27)10-9-18-7-8-19(29-18)13-28-23-20(25)11-17(24)12-21(23)26/h3-12,14H,13H2,1-2H3/b10-9+. The van der Waals surface area contributed by atoms with E-state index in [1.54, 1.807) is 6.08 Å². The smallest absolute Gasteiger partial charge is 0.185 e. The maximum Gasteiger partial charge on any atom is 0.185 e. The molecule has 0 saturated carbocycles. The molecule has 0 aliphatic rings. The molecule has 0 aliphatic heterocycles. The van der Waals surface area contributed by atoms with Crippen molar-refractivity contribution in [2.45, 2.75) is 26.4 Å². The zero-order valence-corrected chi connectivity index (χ0v) is 20.7. The van der Waals surface area contributed by atoms with Gasteiger partial charge in [0.2, 0.25) is 0 Å². The van der Waals surface area contributed by atoms with Crippen LogP contribution in [0, 0.1) is 0 Å². The lowest BCUT2D eigenvalue weighted by Gasteiger charge is -2.09. The third-order valence-electron chi connectivity index (χ3n) is 4.27. The van der Waals surface area contributed by atoms with E-state index in [0.29, 0.717) is 28.8 Å². The molecule has 3 nitrogen and oxygen atoms in total. The van der Waals surface area contributed by atoms with Crippen molar-refractivity contribution in [1.29, 1.82) is 0 Å². The third kappa shape index (κ3) is 5.93. The van der Waals surface area contributed by atoms with E-state index < -0.39 is 0 Å². The van der Waals surface area contributed by atoms with E-state index >= 15 is 0 Å². The number of ether oxygens (including phenoxy) is 1. The third-order valence-corrected chi connectivity index (χ3v) is 5.90. The highest BCUT2D eigenvalue weighted by molar-refractivity contribution is 9.11. The summed E-state index contributed by atoms with van der Waals surface area (Å²) in [4.78, 5) is 12.4. The molecule has 0 atom stereocenters. The first kappa shape index (κ1) is 22.1. The Kier molecular flexibility index (Phi) is 7.55. The highest BCUT2D eigenvalue weighted by Gasteiger charge is 2.10. The first-order valence-electron chi connectivity index (χ1n) is 9.02. The average Bonchev–Trinajstić information content (AvgIpc) is 3.13. The molecule has 29 heavy (non-hydrogen) atoms. The van der Waals surface area contributed by atoms with Crippen LogP contribution in [0.4, 0.5) is 0 Å². The fraction of sp³-hybridized carbons (Fsp3) is 0.174. The summed E-state index contributed by atoms with van der Waals surface area (Å²) >= 11 is 10.4. The van der Waals surface area contributed by atoms with Crippen LogP contribution in [0.2, 0.25) is 0 Å². The molecule has 0 bridgehead atoms. The number of furan rings is 1. The van der Waals surface area contributed by atoms with Gasteiger partial charge in [0.15, 0.2) is 5.78 Å². The lowest BCUT2D eigenvalue weighted by molar-refractivity contribution is 0.104. The second kappa shape index (κ2) is 9.92. The summed E-state index contributed by atoms with van der Waals surface area (Å²) < 4.78 is 14.2. The number of hydrogen-bond donors (Lipinski definition) is 0. The molecule has 0 fully saturated rings. The van der Waals surface area contributed by atoms with Crippen LogP contribution in [0.1, 0.15) is 47.2 Å². The zero-order valence-electron chi connectivity index (χ0n) is 15.9. The van der Waals surface area contributed by atoms with Crippen LogP contribution >= 0.6 is 47.8 Å². The van der Waals surface area contributed by atoms with E-state index in [9.17, 15) is 4.79 Å². The zero-order chi connectivity index (χ0) is 21.0. The fourth-order valence-electron chi connectivity index (χ4n) is 2.66. The van der Waals surface area contributed by atoms with Crippen LogP contribution in [-0.4, -0.2) is 5.78 Å². The molecule has 150 valence electrons. The van der Waals surface area contributed by atoms with Crippen molar-refractivity contribution in [2.24, 2.45) is 0 Å². The summed E-state index contributed by atoms with van der Waals surface area (Å²) in [6, 6.07) is 15.2. The number of benzene rings is 2. The van der Waals surface area contributed by atoms with Gasteiger partial charge in [-0.2, -0.15) is 0 Å². The van der Waals surface area contributed by atoms with Gasteiger partial charge in [0.1, 0.15) is 23.9 Å². The molecule has 0 saturated heterocycles. The minimum Gasteiger partial charge on any atom is -0.483 e. The van der Waals surface area contributed by atoms with Crippen LogP contribution in [0.3, 0.4) is 0 Å². The first-order chi connectivity index (χ1) is 13.8. The normalized spacial score (nSPS) is 11.4.